The molecule has 2 aromatic heterocycles. The second kappa shape index (κ2) is 2.31. The average Bonchev–Trinajstić information content (AvgIpc) is 2.41. The molecule has 0 aliphatic carbocycles. The van der Waals surface area contributed by atoms with Gasteiger partial charge in [-0.05, 0) is 26.8 Å². The molecule has 0 fully saturated rings. The summed E-state index contributed by atoms with van der Waals surface area (Å²) in [6.45, 7) is 6.45. The van der Waals surface area contributed by atoms with Crippen LogP contribution in [0.1, 0.15) is 20.8 Å². The molecule has 2 N–H and O–H groups in total. The van der Waals surface area contributed by atoms with Crippen LogP contribution >= 0.6 is 0 Å². The quantitative estimate of drug-likeness (QED) is 0.673. The van der Waals surface area contributed by atoms with Gasteiger partial charge in [0, 0.05) is 17.8 Å². The largest absolute Gasteiger partial charge is 0.439 e. The zero-order valence-electron chi connectivity index (χ0n) is 8.16. The third-order valence-corrected chi connectivity index (χ3v) is 2.12. The lowest BCUT2D eigenvalue weighted by atomic mass is 10.1. The van der Waals surface area contributed by atoms with Crippen LogP contribution in [0.25, 0.3) is 11.1 Å². The van der Waals surface area contributed by atoms with E-state index in [4.69, 9.17) is 10.2 Å². The Bertz CT molecular complexity index is 431. The molecular weight excluding hydrogens is 164 g/mol. The van der Waals surface area contributed by atoms with Crippen LogP contribution in [0.3, 0.4) is 0 Å². The first kappa shape index (κ1) is 8.23. The number of nitrogen functional groups attached to an aromatic ring is 1. The van der Waals surface area contributed by atoms with E-state index in [1.165, 1.54) is 0 Å². The predicted octanol–water partition coefficient (Wildman–Crippen LogP) is 2.57. The zero-order chi connectivity index (χ0) is 9.64. The normalized spacial score (nSPS) is 12.5. The van der Waals surface area contributed by atoms with Gasteiger partial charge in [0.25, 0.3) is 0 Å². The molecule has 70 valence electrons. The van der Waals surface area contributed by atoms with Crippen molar-refractivity contribution in [1.82, 2.24) is 4.57 Å². The van der Waals surface area contributed by atoms with Crippen LogP contribution in [0.4, 0.5) is 5.88 Å². The second-order valence-corrected chi connectivity index (χ2v) is 4.25. The smallest absolute Gasteiger partial charge is 0.193 e. The van der Waals surface area contributed by atoms with Gasteiger partial charge in [-0.3, -0.25) is 0 Å². The van der Waals surface area contributed by atoms with Crippen molar-refractivity contribution >= 4 is 17.0 Å². The Kier molecular flexibility index (Phi) is 1.46. The fourth-order valence-electron chi connectivity index (χ4n) is 1.53. The highest BCUT2D eigenvalue weighted by atomic mass is 16.3. The topological polar surface area (TPSA) is 44.1 Å². The van der Waals surface area contributed by atoms with Gasteiger partial charge in [-0.1, -0.05) is 0 Å². The Morgan fingerprint density at radius 3 is 2.69 bits per heavy atom. The summed E-state index contributed by atoms with van der Waals surface area (Å²) in [5, 5.41) is 0. The molecule has 0 atom stereocenters. The first-order valence-corrected chi connectivity index (χ1v) is 4.35. The van der Waals surface area contributed by atoms with E-state index in [2.05, 4.69) is 25.3 Å². The van der Waals surface area contributed by atoms with Gasteiger partial charge >= 0.3 is 0 Å². The minimum absolute atomic E-state index is 0.0675. The van der Waals surface area contributed by atoms with Crippen molar-refractivity contribution in [1.29, 1.82) is 0 Å². The lowest BCUT2D eigenvalue weighted by Gasteiger charge is -2.21. The number of furan rings is 1. The van der Waals surface area contributed by atoms with E-state index in [9.17, 15) is 0 Å². The lowest BCUT2D eigenvalue weighted by Crippen LogP contribution is -2.20. The molecule has 0 unspecified atom stereocenters. The fraction of sp³-hybridized carbons (Fsp3) is 0.400. The number of nitrogens with two attached hydrogens (primary N) is 1. The van der Waals surface area contributed by atoms with Crippen molar-refractivity contribution in [3.63, 3.8) is 0 Å². The average molecular weight is 178 g/mol. The minimum atomic E-state index is 0.0675. The van der Waals surface area contributed by atoms with E-state index in [1.807, 2.05) is 18.3 Å². The third kappa shape index (κ3) is 1.20. The summed E-state index contributed by atoms with van der Waals surface area (Å²) in [7, 11) is 0. The molecule has 0 saturated heterocycles. The molecule has 0 amide bonds. The second-order valence-electron chi connectivity index (χ2n) is 4.25. The first-order valence-electron chi connectivity index (χ1n) is 4.35. The number of hydrogen-bond donors (Lipinski definition) is 1. The first-order chi connectivity index (χ1) is 5.98. The number of hydrogen-bond acceptors (Lipinski definition) is 2. The number of fused-ring (bicyclic) bond motifs is 1. The Morgan fingerprint density at radius 2 is 2.08 bits per heavy atom. The van der Waals surface area contributed by atoms with E-state index in [-0.39, 0.29) is 5.54 Å². The third-order valence-electron chi connectivity index (χ3n) is 2.12. The molecule has 13 heavy (non-hydrogen) atoms. The summed E-state index contributed by atoms with van der Waals surface area (Å²) >= 11 is 0. The van der Waals surface area contributed by atoms with E-state index >= 15 is 0 Å². The maximum atomic E-state index is 5.57. The van der Waals surface area contributed by atoms with Gasteiger partial charge in [0.1, 0.15) is 0 Å². The van der Waals surface area contributed by atoms with E-state index < -0.39 is 0 Å². The van der Waals surface area contributed by atoms with Crippen LogP contribution in [-0.4, -0.2) is 4.57 Å². The standard InChI is InChI=1S/C10H14N2O/c1-10(2,3)12-5-4-8-7(12)6-9(11)13-8/h4-6H,11H2,1-3H3. The van der Waals surface area contributed by atoms with Crippen LogP contribution < -0.4 is 5.73 Å². The molecule has 0 spiro atoms. The molecule has 2 aromatic rings. The van der Waals surface area contributed by atoms with Gasteiger partial charge in [-0.25, -0.2) is 0 Å². The molecule has 2 rings (SSSR count). The molecule has 0 bridgehead atoms. The fourth-order valence-corrected chi connectivity index (χ4v) is 1.53. The Balaban J connectivity index is 2.70. The highest BCUT2D eigenvalue weighted by Gasteiger charge is 2.16. The van der Waals surface area contributed by atoms with Crippen LogP contribution in [0, 0.1) is 0 Å². The highest BCUT2D eigenvalue weighted by Crippen LogP contribution is 2.27. The van der Waals surface area contributed by atoms with E-state index in [1.54, 1.807) is 0 Å². The van der Waals surface area contributed by atoms with Crippen LogP contribution in [0.2, 0.25) is 0 Å². The van der Waals surface area contributed by atoms with E-state index in [0.717, 1.165) is 11.1 Å². The summed E-state index contributed by atoms with van der Waals surface area (Å²) in [4.78, 5) is 0. The van der Waals surface area contributed by atoms with Gasteiger partial charge in [0.05, 0.1) is 5.52 Å². The highest BCUT2D eigenvalue weighted by molar-refractivity contribution is 5.78. The monoisotopic (exact) mass is 178 g/mol. The van der Waals surface area contributed by atoms with Crippen LogP contribution in [0.5, 0.6) is 0 Å². The SMILES string of the molecule is CC(C)(C)n1ccc2oc(N)cc21. The summed E-state index contributed by atoms with van der Waals surface area (Å²) in [5.41, 5.74) is 7.55. The molecule has 0 aliphatic rings. The molecule has 2 heterocycles. The summed E-state index contributed by atoms with van der Waals surface area (Å²) in [6.07, 6.45) is 2.02. The van der Waals surface area contributed by atoms with Crippen molar-refractivity contribution < 1.29 is 4.42 Å². The van der Waals surface area contributed by atoms with Crippen LogP contribution in [-0.2, 0) is 5.54 Å². The summed E-state index contributed by atoms with van der Waals surface area (Å²) < 4.78 is 7.46. The van der Waals surface area contributed by atoms with Gasteiger partial charge in [-0.15, -0.1) is 0 Å². The Hall–Kier alpha value is -1.38. The molecule has 0 aromatic carbocycles. The molecule has 0 aliphatic heterocycles. The number of anilines is 1. The lowest BCUT2D eigenvalue weighted by molar-refractivity contribution is 0.411. The Morgan fingerprint density at radius 1 is 1.38 bits per heavy atom. The van der Waals surface area contributed by atoms with Gasteiger partial charge < -0.3 is 14.7 Å². The summed E-state index contributed by atoms with van der Waals surface area (Å²) in [6, 6.07) is 3.80. The van der Waals surface area contributed by atoms with Gasteiger partial charge in [0.2, 0.25) is 0 Å². The summed E-state index contributed by atoms with van der Waals surface area (Å²) in [5.74, 6) is 0.476. The van der Waals surface area contributed by atoms with Crippen molar-refractivity contribution in [2.24, 2.45) is 0 Å². The molecular formula is C10H14N2O. The number of aromatic nitrogens is 1. The van der Waals surface area contributed by atoms with Crippen molar-refractivity contribution in [2.75, 3.05) is 5.73 Å². The number of nitrogens with zero attached hydrogens (tertiary/aromatic N) is 1. The molecule has 0 radical (unpaired) electrons. The molecule has 3 heteroatoms. The van der Waals surface area contributed by atoms with Gasteiger partial charge in [-0.2, -0.15) is 0 Å². The Labute approximate surface area is 77.1 Å². The minimum Gasteiger partial charge on any atom is -0.439 e. The van der Waals surface area contributed by atoms with E-state index in [0.29, 0.717) is 5.88 Å². The zero-order valence-corrected chi connectivity index (χ0v) is 8.16. The van der Waals surface area contributed by atoms with Crippen molar-refractivity contribution in [2.45, 2.75) is 26.3 Å². The molecule has 3 nitrogen and oxygen atoms in total. The van der Waals surface area contributed by atoms with Crippen molar-refractivity contribution in [3.05, 3.63) is 18.3 Å². The predicted molar refractivity (Wildman–Crippen MR) is 53.6 cm³/mol. The van der Waals surface area contributed by atoms with Crippen molar-refractivity contribution in [3.8, 4) is 0 Å². The molecule has 0 saturated carbocycles. The van der Waals surface area contributed by atoms with Gasteiger partial charge in [0.15, 0.2) is 11.5 Å². The maximum absolute atomic E-state index is 5.57. The maximum Gasteiger partial charge on any atom is 0.193 e. The number of rotatable bonds is 0. The van der Waals surface area contributed by atoms with Crippen LogP contribution in [0.15, 0.2) is 22.7 Å².